The van der Waals surface area contributed by atoms with Gasteiger partial charge in [-0.1, -0.05) is 243 Å². The molecule has 8 aliphatic carbocycles. The van der Waals surface area contributed by atoms with E-state index in [1.807, 2.05) is 24.3 Å². The summed E-state index contributed by atoms with van der Waals surface area (Å²) >= 11 is 0. The van der Waals surface area contributed by atoms with Crippen molar-refractivity contribution in [2.24, 2.45) is 0 Å². The molecule has 0 aromatic rings. The Hall–Kier alpha value is -6.26. The summed E-state index contributed by atoms with van der Waals surface area (Å²) < 4.78 is 136. The monoisotopic (exact) mass is 1180 g/mol. The van der Waals surface area contributed by atoms with Crippen LogP contribution in [0.1, 0.15) is 0 Å². The van der Waals surface area contributed by atoms with Crippen molar-refractivity contribution in [2.45, 2.75) is 19.6 Å². The maximum Gasteiger partial charge on any atom is 4.00 e. The first-order valence-electron chi connectivity index (χ1n) is 21.4. The molecule has 8 aliphatic rings. The molecule has 0 amide bonds. The SMILES string of the molecule is O=S(=O)([O-])c1ccccc/c2cccccc/c1=2.O=S(=O)([O-])c1ccccc/c2cccccc/c1=2.O=S(=O)([O-])c1ccccc/c2cccccc/c1=2.O=S(=O)([O-])c1ccccc/c2cccccc/c1=2.[Ce+4]. The third-order valence-electron chi connectivity index (χ3n) is 9.85. The third-order valence-corrected chi connectivity index (χ3v) is 13.4. The molecule has 0 atom stereocenters. The molecule has 0 saturated carbocycles. The van der Waals surface area contributed by atoms with E-state index in [2.05, 4.69) is 0 Å². The van der Waals surface area contributed by atoms with Gasteiger partial charge in [-0.25, -0.2) is 33.7 Å². The largest absolute Gasteiger partial charge is 4.00 e. The van der Waals surface area contributed by atoms with E-state index < -0.39 is 40.5 Å². The Morgan fingerprint density at radius 2 is 0.315 bits per heavy atom. The first-order chi connectivity index (χ1) is 34.4. The Morgan fingerprint density at radius 1 is 0.192 bits per heavy atom. The van der Waals surface area contributed by atoms with Gasteiger partial charge in [0.15, 0.2) is 0 Å². The minimum Gasteiger partial charge on any atom is -0.744 e. The zero-order chi connectivity index (χ0) is 52.0. The van der Waals surface area contributed by atoms with Crippen LogP contribution in [0.25, 0.3) is 0 Å². The summed E-state index contributed by atoms with van der Waals surface area (Å²) in [5.41, 5.74) is 0. The van der Waals surface area contributed by atoms with E-state index in [1.54, 1.807) is 194 Å². The van der Waals surface area contributed by atoms with Gasteiger partial charge < -0.3 is 18.2 Å². The van der Waals surface area contributed by atoms with Crippen molar-refractivity contribution in [2.75, 3.05) is 0 Å². The second-order valence-electron chi connectivity index (χ2n) is 14.8. The van der Waals surface area contributed by atoms with Gasteiger partial charge in [0.05, 0.1) is 19.6 Å². The number of hydrogen-bond donors (Lipinski definition) is 0. The second kappa shape index (κ2) is 28.8. The van der Waals surface area contributed by atoms with Gasteiger partial charge in [-0.05, 0) is 66.0 Å². The summed E-state index contributed by atoms with van der Waals surface area (Å²) in [6, 6.07) is 74.4. The second-order valence-corrected chi connectivity index (χ2v) is 20.2. The van der Waals surface area contributed by atoms with E-state index in [0.29, 0.717) is 41.7 Å². The quantitative estimate of drug-likeness (QED) is 0.150. The molecule has 73 heavy (non-hydrogen) atoms. The van der Waals surface area contributed by atoms with E-state index in [-0.39, 0.29) is 61.3 Å². The van der Waals surface area contributed by atoms with Crippen LogP contribution >= 0.6 is 0 Å². The molecule has 0 spiro atoms. The fourth-order valence-corrected chi connectivity index (χ4v) is 9.48. The molecule has 368 valence electrons. The van der Waals surface area contributed by atoms with Crippen LogP contribution in [0.4, 0.5) is 0 Å². The minimum atomic E-state index is -4.51. The Balaban J connectivity index is 0.000000210. The van der Waals surface area contributed by atoms with Crippen molar-refractivity contribution >= 4 is 40.5 Å². The molecule has 0 radical (unpaired) electrons. The first-order valence-corrected chi connectivity index (χ1v) is 27.1. The Labute approximate surface area is 458 Å². The van der Waals surface area contributed by atoms with Gasteiger partial charge in [0.25, 0.3) is 0 Å². The average Bonchev–Trinajstić information content (AvgIpc) is 3.23. The molecular weight excluding hydrogens is 1130 g/mol. The zero-order valence-electron chi connectivity index (χ0n) is 38.4. The van der Waals surface area contributed by atoms with Crippen molar-refractivity contribution in [1.82, 2.24) is 0 Å². The molecule has 0 unspecified atom stereocenters. The van der Waals surface area contributed by atoms with E-state index >= 15 is 0 Å². The van der Waals surface area contributed by atoms with Gasteiger partial charge in [0.2, 0.25) is 0 Å². The molecular formula is C56H44CeO12S4. The number of hydrogen-bond acceptors (Lipinski definition) is 12. The molecule has 0 aromatic heterocycles. The predicted molar refractivity (Wildman–Crippen MR) is 269 cm³/mol. The van der Waals surface area contributed by atoms with E-state index in [0.717, 1.165) is 0 Å². The van der Waals surface area contributed by atoms with Crippen LogP contribution in [0.5, 0.6) is 0 Å². The molecule has 0 heterocycles. The molecule has 0 aromatic carbocycles. The minimum absolute atomic E-state index is 0. The summed E-state index contributed by atoms with van der Waals surface area (Å²) in [5.74, 6) is 0. The first kappa shape index (κ1) is 59.3. The van der Waals surface area contributed by atoms with Crippen LogP contribution in [0.3, 0.4) is 0 Å². The Bertz CT molecular complexity index is 3560. The van der Waals surface area contributed by atoms with Gasteiger partial charge in [0, 0.05) is 0 Å². The van der Waals surface area contributed by atoms with Crippen LogP contribution in [0, 0.1) is 83.5 Å². The van der Waals surface area contributed by atoms with E-state index in [1.165, 1.54) is 48.5 Å². The van der Waals surface area contributed by atoms with Gasteiger partial charge in [-0.15, -0.1) is 0 Å². The molecule has 0 bridgehead atoms. The van der Waals surface area contributed by atoms with Crippen LogP contribution in [0.15, 0.2) is 287 Å². The molecule has 8 rings (SSSR count). The molecule has 0 fully saturated rings. The van der Waals surface area contributed by atoms with E-state index in [4.69, 9.17) is 0 Å². The van der Waals surface area contributed by atoms with Crippen LogP contribution in [0.2, 0.25) is 0 Å². The van der Waals surface area contributed by atoms with E-state index in [9.17, 15) is 51.9 Å². The van der Waals surface area contributed by atoms with Crippen LogP contribution in [-0.4, -0.2) is 51.9 Å². The molecule has 0 aliphatic heterocycles. The number of rotatable bonds is 4. The Kier molecular flexibility index (Phi) is 23.4. The molecule has 0 saturated heterocycles. The van der Waals surface area contributed by atoms with Crippen LogP contribution < -0.4 is 0 Å². The fraction of sp³-hybridized carbons (Fsp3) is 0. The normalized spacial score (nSPS) is 12.8. The maximum atomic E-state index is 11.3. The van der Waals surface area contributed by atoms with Gasteiger partial charge in [-0.2, -0.15) is 0 Å². The standard InChI is InChI=1S/4C14H12O3S.Ce/c4*15-18(16,17)14-11-7-3-5-9-12-8-4-1-2-6-10-13(12)14;/h4*1-11H,(H,15,16,17);/q;;;;+4/p-4/b4*2-1?,4-1?,5-3?,6-2?,7-3?,8-4?,9-5?,10-6?,11-7?,12-8?,12-9?,13-10?,13-12+,14-11?,14-13?;. The van der Waals surface area contributed by atoms with Crippen molar-refractivity contribution in [3.05, 3.63) is 309 Å². The van der Waals surface area contributed by atoms with Gasteiger partial charge >= 0.3 is 41.7 Å². The smallest absolute Gasteiger partial charge is 0.744 e. The molecule has 17 heteroatoms. The van der Waals surface area contributed by atoms with Crippen molar-refractivity contribution < 1.29 is 93.6 Å². The van der Waals surface area contributed by atoms with Crippen molar-refractivity contribution in [1.29, 1.82) is 0 Å². The third kappa shape index (κ3) is 19.3. The summed E-state index contributed by atoms with van der Waals surface area (Å²) in [6.45, 7) is 0. The molecule has 12 nitrogen and oxygen atoms in total. The summed E-state index contributed by atoms with van der Waals surface area (Å²) in [6.07, 6.45) is 0. The fourth-order valence-electron chi connectivity index (χ4n) is 6.68. The van der Waals surface area contributed by atoms with Gasteiger partial charge in [0.1, 0.15) is 40.5 Å². The molecule has 0 N–H and O–H groups in total. The topological polar surface area (TPSA) is 229 Å². The Morgan fingerprint density at radius 3 is 0.466 bits per heavy atom. The summed E-state index contributed by atoms with van der Waals surface area (Å²) in [7, 11) is -18.0. The maximum absolute atomic E-state index is 11.3. The van der Waals surface area contributed by atoms with Crippen molar-refractivity contribution in [3.8, 4) is 0 Å². The average molecular weight is 1180 g/mol. The zero-order valence-corrected chi connectivity index (χ0v) is 44.8. The summed E-state index contributed by atoms with van der Waals surface area (Å²) in [5, 5.41) is 4.38. The van der Waals surface area contributed by atoms with Crippen LogP contribution in [-0.2, 0) is 40.5 Å². The van der Waals surface area contributed by atoms with Gasteiger partial charge in [-0.3, -0.25) is 0 Å². The van der Waals surface area contributed by atoms with Crippen molar-refractivity contribution in [3.63, 3.8) is 0 Å². The predicted octanol–water partition coefficient (Wildman–Crippen LogP) is 9.76. The summed E-state index contributed by atoms with van der Waals surface area (Å²) in [4.78, 5) is -0.854.